The van der Waals surface area contributed by atoms with Gasteiger partial charge in [-0.1, -0.05) is 38.1 Å². The Morgan fingerprint density at radius 1 is 1.40 bits per heavy atom. The fraction of sp³-hybridized carbons (Fsp3) is 0.273. The van der Waals surface area contributed by atoms with Crippen LogP contribution in [-0.2, 0) is 0 Å². The third kappa shape index (κ3) is 3.81. The van der Waals surface area contributed by atoms with Gasteiger partial charge in [-0.05, 0) is 17.0 Å². The molecule has 0 spiro atoms. The van der Waals surface area contributed by atoms with Crippen molar-refractivity contribution >= 4 is 12.3 Å². The second kappa shape index (κ2) is 5.14. The first-order chi connectivity index (χ1) is 7.09. The number of nitrogens with zero attached hydrogens (tertiary/aromatic N) is 1. The van der Waals surface area contributed by atoms with Crippen LogP contribution < -0.4 is 5.43 Å². The van der Waals surface area contributed by atoms with Crippen LogP contribution in [-0.4, -0.2) is 17.4 Å². The average molecular weight is 206 g/mol. The fourth-order valence-electron chi connectivity index (χ4n) is 1.13. The molecular weight excluding hydrogens is 192 g/mol. The number of benzene rings is 1. The van der Waals surface area contributed by atoms with Crippen LogP contribution in [0, 0.1) is 0 Å². The molecule has 4 nitrogen and oxygen atoms in total. The molecule has 0 unspecified atom stereocenters. The standard InChI is InChI=1S/C11H14N2O2/c1-8(2)10-5-3-9(4-6-10)7-12-13-11(14)15/h3-8,13H,1-2H3,(H,14,15). The number of carbonyl (C=O) groups is 1. The van der Waals surface area contributed by atoms with Gasteiger partial charge in [0.2, 0.25) is 0 Å². The summed E-state index contributed by atoms with van der Waals surface area (Å²) in [5, 5.41) is 11.8. The molecule has 1 aromatic rings. The molecule has 0 saturated carbocycles. The molecule has 15 heavy (non-hydrogen) atoms. The van der Waals surface area contributed by atoms with Crippen molar-refractivity contribution in [3.63, 3.8) is 0 Å². The highest BCUT2D eigenvalue weighted by Crippen LogP contribution is 2.13. The monoisotopic (exact) mass is 206 g/mol. The summed E-state index contributed by atoms with van der Waals surface area (Å²) in [5.41, 5.74) is 4.03. The molecule has 0 aliphatic rings. The summed E-state index contributed by atoms with van der Waals surface area (Å²) in [5.74, 6) is 0.494. The van der Waals surface area contributed by atoms with Crippen molar-refractivity contribution in [2.45, 2.75) is 19.8 Å². The van der Waals surface area contributed by atoms with Crippen molar-refractivity contribution in [1.82, 2.24) is 5.43 Å². The first-order valence-corrected chi connectivity index (χ1v) is 4.71. The molecule has 1 aromatic carbocycles. The maximum Gasteiger partial charge on any atom is 0.425 e. The van der Waals surface area contributed by atoms with Crippen molar-refractivity contribution < 1.29 is 9.90 Å². The van der Waals surface area contributed by atoms with E-state index in [-0.39, 0.29) is 0 Å². The lowest BCUT2D eigenvalue weighted by atomic mass is 10.0. The molecule has 80 valence electrons. The Bertz CT molecular complexity index is 355. The zero-order chi connectivity index (χ0) is 11.3. The molecule has 1 amide bonds. The van der Waals surface area contributed by atoms with Crippen molar-refractivity contribution in [2.24, 2.45) is 5.10 Å². The third-order valence-corrected chi connectivity index (χ3v) is 1.98. The largest absolute Gasteiger partial charge is 0.464 e. The zero-order valence-corrected chi connectivity index (χ0v) is 8.77. The van der Waals surface area contributed by atoms with Gasteiger partial charge < -0.3 is 5.11 Å². The number of rotatable bonds is 3. The van der Waals surface area contributed by atoms with E-state index in [4.69, 9.17) is 5.11 Å². The predicted molar refractivity (Wildman–Crippen MR) is 59.3 cm³/mol. The molecule has 0 atom stereocenters. The summed E-state index contributed by atoms with van der Waals surface area (Å²) in [6, 6.07) is 7.82. The molecule has 4 heteroatoms. The van der Waals surface area contributed by atoms with Gasteiger partial charge in [-0.25, -0.2) is 10.2 Å². The lowest BCUT2D eigenvalue weighted by Gasteiger charge is -2.04. The smallest absolute Gasteiger partial charge is 0.425 e. The molecular formula is C11H14N2O2. The van der Waals surface area contributed by atoms with Crippen LogP contribution in [0.5, 0.6) is 0 Å². The van der Waals surface area contributed by atoms with Crippen LogP contribution >= 0.6 is 0 Å². The second-order valence-corrected chi connectivity index (χ2v) is 3.50. The van der Waals surface area contributed by atoms with Gasteiger partial charge in [-0.2, -0.15) is 5.10 Å². The van der Waals surface area contributed by atoms with E-state index in [1.165, 1.54) is 11.8 Å². The molecule has 0 aromatic heterocycles. The quantitative estimate of drug-likeness (QED) is 0.589. The summed E-state index contributed by atoms with van der Waals surface area (Å²) in [7, 11) is 0. The number of carboxylic acid groups (broad SMARTS) is 1. The summed E-state index contributed by atoms with van der Waals surface area (Å²) in [4.78, 5) is 10.1. The summed E-state index contributed by atoms with van der Waals surface area (Å²) < 4.78 is 0. The van der Waals surface area contributed by atoms with E-state index in [1.54, 1.807) is 0 Å². The first-order valence-electron chi connectivity index (χ1n) is 4.71. The average Bonchev–Trinajstić information content (AvgIpc) is 2.18. The summed E-state index contributed by atoms with van der Waals surface area (Å²) in [6.45, 7) is 4.24. The molecule has 0 aliphatic carbocycles. The van der Waals surface area contributed by atoms with Gasteiger partial charge in [0.15, 0.2) is 0 Å². The van der Waals surface area contributed by atoms with Crippen LogP contribution in [0.25, 0.3) is 0 Å². The number of hydrogen-bond acceptors (Lipinski definition) is 2. The van der Waals surface area contributed by atoms with Crippen molar-refractivity contribution in [3.8, 4) is 0 Å². The van der Waals surface area contributed by atoms with E-state index in [1.807, 2.05) is 29.7 Å². The van der Waals surface area contributed by atoms with Gasteiger partial charge >= 0.3 is 6.09 Å². The SMILES string of the molecule is CC(C)c1ccc(C=NNC(=O)O)cc1. The third-order valence-electron chi connectivity index (χ3n) is 1.98. The molecule has 0 aliphatic heterocycles. The minimum absolute atomic E-state index is 0.494. The van der Waals surface area contributed by atoms with E-state index < -0.39 is 6.09 Å². The van der Waals surface area contributed by atoms with E-state index in [0.717, 1.165) is 5.56 Å². The van der Waals surface area contributed by atoms with Gasteiger partial charge in [-0.3, -0.25) is 0 Å². The molecule has 0 saturated heterocycles. The van der Waals surface area contributed by atoms with Crippen LogP contribution in [0.1, 0.15) is 30.9 Å². The Hall–Kier alpha value is -1.84. The van der Waals surface area contributed by atoms with Crippen LogP contribution in [0.15, 0.2) is 29.4 Å². The number of hydrazone groups is 1. The van der Waals surface area contributed by atoms with Gasteiger partial charge in [0.05, 0.1) is 6.21 Å². The Balaban J connectivity index is 2.64. The van der Waals surface area contributed by atoms with Crippen molar-refractivity contribution in [3.05, 3.63) is 35.4 Å². The predicted octanol–water partition coefficient (Wildman–Crippen LogP) is 2.41. The van der Waals surface area contributed by atoms with Crippen molar-refractivity contribution in [2.75, 3.05) is 0 Å². The van der Waals surface area contributed by atoms with Crippen molar-refractivity contribution in [1.29, 1.82) is 0 Å². The number of hydrogen-bond donors (Lipinski definition) is 2. The topological polar surface area (TPSA) is 61.7 Å². The normalized spacial score (nSPS) is 10.9. The first kappa shape index (κ1) is 11.2. The van der Waals surface area contributed by atoms with Crippen LogP contribution in [0.2, 0.25) is 0 Å². The molecule has 0 bridgehead atoms. The highest BCUT2D eigenvalue weighted by Gasteiger charge is 1.97. The lowest BCUT2D eigenvalue weighted by molar-refractivity contribution is 0.195. The number of amides is 1. The van der Waals surface area contributed by atoms with Gasteiger partial charge in [0.1, 0.15) is 0 Å². The highest BCUT2D eigenvalue weighted by atomic mass is 16.4. The highest BCUT2D eigenvalue weighted by molar-refractivity contribution is 5.80. The Morgan fingerprint density at radius 3 is 2.47 bits per heavy atom. The second-order valence-electron chi connectivity index (χ2n) is 3.50. The van der Waals surface area contributed by atoms with E-state index in [9.17, 15) is 4.79 Å². The lowest BCUT2D eigenvalue weighted by Crippen LogP contribution is -2.13. The van der Waals surface area contributed by atoms with Gasteiger partial charge in [0, 0.05) is 0 Å². The Labute approximate surface area is 88.6 Å². The van der Waals surface area contributed by atoms with E-state index >= 15 is 0 Å². The Kier molecular flexibility index (Phi) is 3.85. The molecule has 0 fully saturated rings. The van der Waals surface area contributed by atoms with E-state index in [2.05, 4.69) is 18.9 Å². The zero-order valence-electron chi connectivity index (χ0n) is 8.77. The molecule has 0 heterocycles. The Morgan fingerprint density at radius 2 is 2.00 bits per heavy atom. The summed E-state index contributed by atoms with van der Waals surface area (Å²) in [6.07, 6.45) is 0.308. The number of nitrogens with one attached hydrogen (secondary N) is 1. The van der Waals surface area contributed by atoms with Crippen LogP contribution in [0.4, 0.5) is 4.79 Å². The maximum atomic E-state index is 10.1. The molecule has 0 radical (unpaired) electrons. The van der Waals surface area contributed by atoms with Gasteiger partial charge in [-0.15, -0.1) is 0 Å². The molecule has 1 rings (SSSR count). The summed E-state index contributed by atoms with van der Waals surface area (Å²) >= 11 is 0. The minimum atomic E-state index is -1.16. The molecule has 2 N–H and O–H groups in total. The fourth-order valence-corrected chi connectivity index (χ4v) is 1.13. The van der Waals surface area contributed by atoms with Gasteiger partial charge in [0.25, 0.3) is 0 Å². The maximum absolute atomic E-state index is 10.1. The van der Waals surface area contributed by atoms with Crippen LogP contribution in [0.3, 0.4) is 0 Å². The van der Waals surface area contributed by atoms with E-state index in [0.29, 0.717) is 5.92 Å². The minimum Gasteiger partial charge on any atom is -0.464 e.